The van der Waals surface area contributed by atoms with Crippen molar-refractivity contribution in [3.8, 4) is 0 Å². The van der Waals surface area contributed by atoms with Crippen molar-refractivity contribution in [2.45, 2.75) is 25.9 Å². The molecule has 1 aliphatic rings. The molecule has 1 atom stereocenters. The molecule has 0 radical (unpaired) electrons. The molecule has 1 aliphatic heterocycles. The lowest BCUT2D eigenvalue weighted by Crippen LogP contribution is -2.30. The Morgan fingerprint density at radius 1 is 1.43 bits per heavy atom. The summed E-state index contributed by atoms with van der Waals surface area (Å²) < 4.78 is 0. The number of anilines is 1. The Kier molecular flexibility index (Phi) is 2.73. The number of aliphatic hydroxyl groups is 1. The highest BCUT2D eigenvalue weighted by atomic mass is 16.3. The van der Waals surface area contributed by atoms with Crippen molar-refractivity contribution in [2.75, 3.05) is 18.0 Å². The first kappa shape index (κ1) is 9.53. The van der Waals surface area contributed by atoms with Gasteiger partial charge in [-0.3, -0.25) is 0 Å². The van der Waals surface area contributed by atoms with Gasteiger partial charge in [0, 0.05) is 18.8 Å². The first-order valence-corrected chi connectivity index (χ1v) is 5.32. The SMILES string of the molecule is CCC(O)CN1CCc2ccccc21. The summed E-state index contributed by atoms with van der Waals surface area (Å²) in [5.41, 5.74) is 2.72. The number of hydrogen-bond acceptors (Lipinski definition) is 2. The first-order valence-electron chi connectivity index (χ1n) is 5.32. The molecule has 0 aromatic heterocycles. The van der Waals surface area contributed by atoms with Gasteiger partial charge in [0.15, 0.2) is 0 Å². The highest BCUT2D eigenvalue weighted by molar-refractivity contribution is 5.57. The fraction of sp³-hybridized carbons (Fsp3) is 0.500. The third-order valence-corrected chi connectivity index (χ3v) is 2.89. The van der Waals surface area contributed by atoms with Crippen LogP contribution in [-0.2, 0) is 6.42 Å². The van der Waals surface area contributed by atoms with Crippen LogP contribution in [0.1, 0.15) is 18.9 Å². The van der Waals surface area contributed by atoms with Gasteiger partial charge >= 0.3 is 0 Å². The maximum absolute atomic E-state index is 9.60. The lowest BCUT2D eigenvalue weighted by atomic mass is 10.2. The van der Waals surface area contributed by atoms with E-state index in [1.165, 1.54) is 11.3 Å². The molecule has 1 N–H and O–H groups in total. The monoisotopic (exact) mass is 191 g/mol. The van der Waals surface area contributed by atoms with Crippen molar-refractivity contribution in [1.29, 1.82) is 0 Å². The lowest BCUT2D eigenvalue weighted by molar-refractivity contribution is 0.176. The Bertz CT molecular complexity index is 311. The summed E-state index contributed by atoms with van der Waals surface area (Å²) in [4.78, 5) is 2.28. The molecule has 2 nitrogen and oxygen atoms in total. The molecule has 0 amide bonds. The number of para-hydroxylation sites is 1. The second-order valence-corrected chi connectivity index (χ2v) is 3.89. The molecule has 1 aromatic rings. The van der Waals surface area contributed by atoms with E-state index in [2.05, 4.69) is 29.2 Å². The zero-order chi connectivity index (χ0) is 9.97. The minimum atomic E-state index is -0.193. The molecule has 1 aromatic carbocycles. The summed E-state index contributed by atoms with van der Waals surface area (Å²) in [5, 5.41) is 9.60. The van der Waals surface area contributed by atoms with E-state index in [0.717, 1.165) is 25.9 Å². The Morgan fingerprint density at radius 2 is 2.21 bits per heavy atom. The normalized spacial score (nSPS) is 16.9. The average Bonchev–Trinajstić information content (AvgIpc) is 2.62. The summed E-state index contributed by atoms with van der Waals surface area (Å²) in [6, 6.07) is 8.46. The van der Waals surface area contributed by atoms with E-state index in [1.807, 2.05) is 6.92 Å². The summed E-state index contributed by atoms with van der Waals surface area (Å²) in [6.45, 7) is 3.84. The number of benzene rings is 1. The molecule has 0 spiro atoms. The standard InChI is InChI=1S/C12H17NO/c1-2-11(14)9-13-8-7-10-5-3-4-6-12(10)13/h3-6,11,14H,2,7-9H2,1H3. The van der Waals surface area contributed by atoms with Crippen LogP contribution in [0, 0.1) is 0 Å². The van der Waals surface area contributed by atoms with Crippen LogP contribution < -0.4 is 4.90 Å². The maximum Gasteiger partial charge on any atom is 0.0712 e. The number of β-amino-alcohol motifs (C(OH)–C–C–N with tert-alkyl or cyclic N) is 1. The van der Waals surface area contributed by atoms with Crippen molar-refractivity contribution in [3.05, 3.63) is 29.8 Å². The van der Waals surface area contributed by atoms with Gasteiger partial charge in [-0.15, -0.1) is 0 Å². The van der Waals surface area contributed by atoms with E-state index >= 15 is 0 Å². The summed E-state index contributed by atoms with van der Waals surface area (Å²) in [7, 11) is 0. The molecule has 0 aliphatic carbocycles. The van der Waals surface area contributed by atoms with E-state index in [9.17, 15) is 5.11 Å². The van der Waals surface area contributed by atoms with Crippen LogP contribution in [0.15, 0.2) is 24.3 Å². The molecule has 14 heavy (non-hydrogen) atoms. The smallest absolute Gasteiger partial charge is 0.0712 e. The molecule has 1 unspecified atom stereocenters. The van der Waals surface area contributed by atoms with Gasteiger partial charge in [-0.2, -0.15) is 0 Å². The van der Waals surface area contributed by atoms with Crippen LogP contribution in [0.4, 0.5) is 5.69 Å². The fourth-order valence-corrected chi connectivity index (χ4v) is 1.98. The van der Waals surface area contributed by atoms with Gasteiger partial charge in [0.05, 0.1) is 6.10 Å². The molecule has 1 heterocycles. The molecule has 2 rings (SSSR count). The molecule has 0 saturated heterocycles. The van der Waals surface area contributed by atoms with E-state index in [4.69, 9.17) is 0 Å². The van der Waals surface area contributed by atoms with Gasteiger partial charge in [0.2, 0.25) is 0 Å². The van der Waals surface area contributed by atoms with Crippen molar-refractivity contribution in [1.82, 2.24) is 0 Å². The minimum absolute atomic E-state index is 0.193. The Hall–Kier alpha value is -1.02. The highest BCUT2D eigenvalue weighted by Gasteiger charge is 2.19. The van der Waals surface area contributed by atoms with Crippen LogP contribution in [0.25, 0.3) is 0 Å². The van der Waals surface area contributed by atoms with Crippen LogP contribution in [0.2, 0.25) is 0 Å². The zero-order valence-electron chi connectivity index (χ0n) is 8.61. The van der Waals surface area contributed by atoms with Gasteiger partial charge in [0.25, 0.3) is 0 Å². The molecular weight excluding hydrogens is 174 g/mol. The average molecular weight is 191 g/mol. The van der Waals surface area contributed by atoms with Crippen molar-refractivity contribution >= 4 is 5.69 Å². The van der Waals surface area contributed by atoms with Gasteiger partial charge in [-0.25, -0.2) is 0 Å². The largest absolute Gasteiger partial charge is 0.391 e. The Balaban J connectivity index is 2.10. The number of hydrogen-bond donors (Lipinski definition) is 1. The Morgan fingerprint density at radius 3 is 3.00 bits per heavy atom. The third kappa shape index (κ3) is 1.75. The van der Waals surface area contributed by atoms with Gasteiger partial charge in [-0.1, -0.05) is 25.1 Å². The zero-order valence-corrected chi connectivity index (χ0v) is 8.61. The molecule has 0 fully saturated rings. The van der Waals surface area contributed by atoms with Crippen molar-refractivity contribution in [3.63, 3.8) is 0 Å². The van der Waals surface area contributed by atoms with E-state index in [1.54, 1.807) is 0 Å². The molecule has 2 heteroatoms. The molecule has 0 bridgehead atoms. The van der Waals surface area contributed by atoms with E-state index in [-0.39, 0.29) is 6.10 Å². The topological polar surface area (TPSA) is 23.5 Å². The Labute approximate surface area is 85.2 Å². The molecule has 76 valence electrons. The summed E-state index contributed by atoms with van der Waals surface area (Å²) >= 11 is 0. The van der Waals surface area contributed by atoms with Crippen molar-refractivity contribution < 1.29 is 5.11 Å². The number of fused-ring (bicyclic) bond motifs is 1. The number of nitrogens with zero attached hydrogens (tertiary/aromatic N) is 1. The fourth-order valence-electron chi connectivity index (χ4n) is 1.98. The third-order valence-electron chi connectivity index (χ3n) is 2.89. The summed E-state index contributed by atoms with van der Waals surface area (Å²) in [6.07, 6.45) is 1.76. The minimum Gasteiger partial charge on any atom is -0.391 e. The van der Waals surface area contributed by atoms with Crippen LogP contribution in [0.3, 0.4) is 0 Å². The van der Waals surface area contributed by atoms with Crippen LogP contribution in [-0.4, -0.2) is 24.3 Å². The van der Waals surface area contributed by atoms with Gasteiger partial charge in [0.1, 0.15) is 0 Å². The van der Waals surface area contributed by atoms with Gasteiger partial charge in [-0.05, 0) is 24.5 Å². The van der Waals surface area contributed by atoms with E-state index in [0.29, 0.717) is 0 Å². The first-order chi connectivity index (χ1) is 6.81. The second-order valence-electron chi connectivity index (χ2n) is 3.89. The molecular formula is C12H17NO. The maximum atomic E-state index is 9.60. The summed E-state index contributed by atoms with van der Waals surface area (Å²) in [5.74, 6) is 0. The number of aliphatic hydroxyl groups excluding tert-OH is 1. The van der Waals surface area contributed by atoms with Crippen molar-refractivity contribution in [2.24, 2.45) is 0 Å². The number of rotatable bonds is 3. The lowest BCUT2D eigenvalue weighted by Gasteiger charge is -2.22. The van der Waals surface area contributed by atoms with Crippen LogP contribution >= 0.6 is 0 Å². The predicted molar refractivity (Wildman–Crippen MR) is 58.7 cm³/mol. The predicted octanol–water partition coefficient (Wildman–Crippen LogP) is 1.82. The molecule has 0 saturated carbocycles. The van der Waals surface area contributed by atoms with E-state index < -0.39 is 0 Å². The quantitative estimate of drug-likeness (QED) is 0.787. The van der Waals surface area contributed by atoms with Gasteiger partial charge < -0.3 is 10.0 Å². The van der Waals surface area contributed by atoms with Crippen LogP contribution in [0.5, 0.6) is 0 Å². The highest BCUT2D eigenvalue weighted by Crippen LogP contribution is 2.27. The second kappa shape index (κ2) is 4.01.